The summed E-state index contributed by atoms with van der Waals surface area (Å²) in [5, 5.41) is 13.7. The number of rotatable bonds is 7. The lowest BCUT2D eigenvalue weighted by Gasteiger charge is -2.55. The molecule has 4 aliphatic carbocycles. The molecule has 0 saturated heterocycles. The monoisotopic (exact) mass is 453 g/mol. The molecule has 4 aliphatic rings. The second-order valence-corrected chi connectivity index (χ2v) is 10.3. The molecule has 0 atom stereocenters. The van der Waals surface area contributed by atoms with Crippen molar-refractivity contribution in [1.82, 2.24) is 5.32 Å². The summed E-state index contributed by atoms with van der Waals surface area (Å²) < 4.78 is 10.6. The van der Waals surface area contributed by atoms with Crippen LogP contribution < -0.4 is 10.9 Å². The number of benzene rings is 1. The molecule has 4 fully saturated rings. The summed E-state index contributed by atoms with van der Waals surface area (Å²) in [5.74, 6) is 1.82. The largest absolute Gasteiger partial charge is 0.508 e. The van der Waals surface area contributed by atoms with E-state index in [-0.39, 0.29) is 42.2 Å². The fourth-order valence-corrected chi connectivity index (χ4v) is 6.79. The summed E-state index contributed by atoms with van der Waals surface area (Å²) in [6.07, 6.45) is 7.53. The number of nitrogens with one attached hydrogen (secondary N) is 1. The predicted octanol–water partition coefficient (Wildman–Crippen LogP) is 3.83. The number of carbonyl (C=O) groups excluding carboxylic acids is 2. The number of carbonyl (C=O) groups is 2. The summed E-state index contributed by atoms with van der Waals surface area (Å²) in [7, 11) is 0. The van der Waals surface area contributed by atoms with Gasteiger partial charge in [0.1, 0.15) is 17.9 Å². The van der Waals surface area contributed by atoms with Crippen LogP contribution in [0.25, 0.3) is 11.0 Å². The van der Waals surface area contributed by atoms with Crippen LogP contribution in [0.2, 0.25) is 0 Å². The number of hydrogen-bond acceptors (Lipinski definition) is 6. The molecule has 2 aromatic rings. The minimum atomic E-state index is -0.569. The van der Waals surface area contributed by atoms with Crippen molar-refractivity contribution in [1.29, 1.82) is 0 Å². The van der Waals surface area contributed by atoms with E-state index >= 15 is 0 Å². The first-order valence-electron chi connectivity index (χ1n) is 12.1. The molecule has 4 bridgehead atoms. The van der Waals surface area contributed by atoms with Gasteiger partial charge in [0.25, 0.3) is 0 Å². The van der Waals surface area contributed by atoms with Crippen LogP contribution in [0.4, 0.5) is 0 Å². The lowest BCUT2D eigenvalue weighted by molar-refractivity contribution is -0.147. The summed E-state index contributed by atoms with van der Waals surface area (Å²) in [6.45, 7) is 2.10. The Morgan fingerprint density at radius 3 is 2.39 bits per heavy atom. The maximum Gasteiger partial charge on any atom is 0.336 e. The van der Waals surface area contributed by atoms with Crippen LogP contribution in [0.3, 0.4) is 0 Å². The molecule has 6 rings (SSSR count). The number of ether oxygens (including phenoxy) is 1. The highest BCUT2D eigenvalue weighted by Crippen LogP contribution is 2.60. The Labute approximate surface area is 192 Å². The summed E-state index contributed by atoms with van der Waals surface area (Å²) in [4.78, 5) is 37.2. The molecule has 33 heavy (non-hydrogen) atoms. The minimum Gasteiger partial charge on any atom is -0.508 e. The molecule has 0 aliphatic heterocycles. The van der Waals surface area contributed by atoms with E-state index in [1.807, 2.05) is 6.92 Å². The third kappa shape index (κ3) is 4.25. The standard InChI is InChI=1S/C26H31NO6/c1-2-18-8-20-19(9-24(30)33-22(20)10-21(18)28)14-32-23(29)3-4-27-25(31)26-11-15-5-16(12-26)7-17(6-15)13-26/h8-10,15-17,28H,2-7,11-14H2,1H3,(H,27,31). The Morgan fingerprint density at radius 2 is 1.76 bits per heavy atom. The first kappa shape index (κ1) is 22.0. The lowest BCUT2D eigenvalue weighted by Crippen LogP contribution is -2.53. The van der Waals surface area contributed by atoms with E-state index in [9.17, 15) is 19.5 Å². The molecule has 0 unspecified atom stereocenters. The van der Waals surface area contributed by atoms with E-state index in [1.165, 1.54) is 31.4 Å². The van der Waals surface area contributed by atoms with Crippen LogP contribution in [0.15, 0.2) is 27.4 Å². The van der Waals surface area contributed by atoms with E-state index in [2.05, 4.69) is 5.32 Å². The van der Waals surface area contributed by atoms with Crippen molar-refractivity contribution in [2.45, 2.75) is 64.9 Å². The topological polar surface area (TPSA) is 106 Å². The number of hydrogen-bond donors (Lipinski definition) is 2. The molecule has 1 aromatic heterocycles. The Hall–Kier alpha value is -2.83. The lowest BCUT2D eigenvalue weighted by atomic mass is 9.49. The summed E-state index contributed by atoms with van der Waals surface area (Å²) >= 11 is 0. The Balaban J connectivity index is 1.17. The molecule has 2 N–H and O–H groups in total. The summed E-state index contributed by atoms with van der Waals surface area (Å²) in [6, 6.07) is 4.48. The Morgan fingerprint density at radius 1 is 1.09 bits per heavy atom. The minimum absolute atomic E-state index is 0.0667. The first-order chi connectivity index (χ1) is 15.8. The van der Waals surface area contributed by atoms with Crippen LogP contribution in [0.5, 0.6) is 5.75 Å². The molecule has 0 radical (unpaired) electrons. The number of esters is 1. The average molecular weight is 454 g/mol. The van der Waals surface area contributed by atoms with Crippen molar-refractivity contribution < 1.29 is 23.8 Å². The van der Waals surface area contributed by atoms with Gasteiger partial charge in [-0.1, -0.05) is 6.92 Å². The zero-order chi connectivity index (χ0) is 23.2. The highest BCUT2D eigenvalue weighted by atomic mass is 16.5. The van der Waals surface area contributed by atoms with Crippen molar-refractivity contribution in [2.24, 2.45) is 23.2 Å². The third-order valence-electron chi connectivity index (χ3n) is 7.93. The van der Waals surface area contributed by atoms with Gasteiger partial charge in [-0.05, 0) is 74.3 Å². The molecule has 4 saturated carbocycles. The Kier molecular flexibility index (Phi) is 5.67. The molecule has 1 aromatic carbocycles. The predicted molar refractivity (Wildman–Crippen MR) is 122 cm³/mol. The van der Waals surface area contributed by atoms with Gasteiger partial charge in [0, 0.05) is 35.0 Å². The maximum atomic E-state index is 13.0. The maximum absolute atomic E-state index is 13.0. The number of aryl methyl sites for hydroxylation is 1. The SMILES string of the molecule is CCc1cc2c(COC(=O)CCNC(=O)C34CC5CC(CC(C5)C3)C4)cc(=O)oc2cc1O. The van der Waals surface area contributed by atoms with Crippen molar-refractivity contribution in [3.8, 4) is 5.75 Å². The first-order valence-corrected chi connectivity index (χ1v) is 12.1. The van der Waals surface area contributed by atoms with Crippen LogP contribution in [0.1, 0.15) is 63.0 Å². The van der Waals surface area contributed by atoms with E-state index in [0.29, 0.717) is 35.1 Å². The smallest absolute Gasteiger partial charge is 0.336 e. The third-order valence-corrected chi connectivity index (χ3v) is 7.93. The summed E-state index contributed by atoms with van der Waals surface area (Å²) in [5.41, 5.74) is 0.711. The second-order valence-electron chi connectivity index (χ2n) is 10.3. The second kappa shape index (κ2) is 8.50. The van der Waals surface area contributed by atoms with E-state index in [0.717, 1.165) is 24.8 Å². The highest BCUT2D eigenvalue weighted by molar-refractivity contribution is 5.84. The number of phenols is 1. The Bertz CT molecular complexity index is 1110. The number of fused-ring (bicyclic) bond motifs is 1. The number of amides is 1. The zero-order valence-electron chi connectivity index (χ0n) is 19.0. The highest BCUT2D eigenvalue weighted by Gasteiger charge is 2.54. The number of phenolic OH excluding ortho intramolecular Hbond substituents is 1. The molecular formula is C26H31NO6. The zero-order valence-corrected chi connectivity index (χ0v) is 19.0. The van der Waals surface area contributed by atoms with Crippen molar-refractivity contribution >= 4 is 22.8 Å². The van der Waals surface area contributed by atoms with Gasteiger partial charge in [0.15, 0.2) is 0 Å². The van der Waals surface area contributed by atoms with Crippen molar-refractivity contribution in [3.63, 3.8) is 0 Å². The van der Waals surface area contributed by atoms with Crippen LogP contribution in [-0.2, 0) is 27.4 Å². The normalized spacial score (nSPS) is 27.6. The quantitative estimate of drug-likeness (QED) is 0.488. The molecule has 176 valence electrons. The van der Waals surface area contributed by atoms with E-state index in [1.54, 1.807) is 6.07 Å². The molecule has 0 spiro atoms. The van der Waals surface area contributed by atoms with Crippen LogP contribution >= 0.6 is 0 Å². The van der Waals surface area contributed by atoms with Crippen LogP contribution in [-0.4, -0.2) is 23.5 Å². The van der Waals surface area contributed by atoms with Gasteiger partial charge in [-0.15, -0.1) is 0 Å². The van der Waals surface area contributed by atoms with E-state index < -0.39 is 11.6 Å². The van der Waals surface area contributed by atoms with Crippen LogP contribution in [0, 0.1) is 23.2 Å². The van der Waals surface area contributed by atoms with Gasteiger partial charge in [-0.3, -0.25) is 9.59 Å². The van der Waals surface area contributed by atoms with Gasteiger partial charge in [-0.25, -0.2) is 4.79 Å². The van der Waals surface area contributed by atoms with Gasteiger partial charge in [0.05, 0.1) is 6.42 Å². The van der Waals surface area contributed by atoms with Gasteiger partial charge < -0.3 is 19.6 Å². The van der Waals surface area contributed by atoms with Gasteiger partial charge in [-0.2, -0.15) is 0 Å². The fraction of sp³-hybridized carbons (Fsp3) is 0.577. The van der Waals surface area contributed by atoms with Crippen molar-refractivity contribution in [2.75, 3.05) is 6.54 Å². The molecule has 7 heteroatoms. The fourth-order valence-electron chi connectivity index (χ4n) is 6.79. The van der Waals surface area contributed by atoms with Crippen molar-refractivity contribution in [3.05, 3.63) is 39.7 Å². The molecule has 7 nitrogen and oxygen atoms in total. The average Bonchev–Trinajstić information content (AvgIpc) is 2.76. The number of aromatic hydroxyl groups is 1. The molecular weight excluding hydrogens is 422 g/mol. The molecule has 1 heterocycles. The van der Waals surface area contributed by atoms with Gasteiger partial charge >= 0.3 is 11.6 Å². The van der Waals surface area contributed by atoms with E-state index in [4.69, 9.17) is 9.15 Å². The van der Waals surface area contributed by atoms with Gasteiger partial charge in [0.2, 0.25) is 5.91 Å². The molecule has 1 amide bonds.